The molecule has 8 nitrogen and oxygen atoms in total. The molecule has 0 atom stereocenters. The van der Waals surface area contributed by atoms with Crippen molar-refractivity contribution in [3.8, 4) is 5.69 Å². The Hall–Kier alpha value is -3.33. The average Bonchev–Trinajstić information content (AvgIpc) is 3.25. The highest BCUT2D eigenvalue weighted by atomic mass is 32.2. The number of aromatic carboxylic acids is 1. The van der Waals surface area contributed by atoms with E-state index in [1.54, 1.807) is 30.3 Å². The minimum absolute atomic E-state index is 0.105. The molecule has 0 radical (unpaired) electrons. The second kappa shape index (κ2) is 8.36. The number of thioether (sulfide) groups is 1. The van der Waals surface area contributed by atoms with Crippen molar-refractivity contribution in [2.75, 3.05) is 0 Å². The summed E-state index contributed by atoms with van der Waals surface area (Å²) < 4.78 is 1.95. The number of aliphatic carboxylic acids is 1. The Morgan fingerprint density at radius 1 is 1.21 bits per heavy atom. The number of nitrogens with zero attached hydrogens (tertiary/aromatic N) is 3. The molecule has 9 heteroatoms. The number of hydrogen-bond acceptors (Lipinski definition) is 5. The molecule has 1 aromatic carbocycles. The Morgan fingerprint density at radius 3 is 2.45 bits per heavy atom. The Labute approximate surface area is 171 Å². The highest BCUT2D eigenvalue weighted by molar-refractivity contribution is 8.04. The van der Waals surface area contributed by atoms with Crippen molar-refractivity contribution in [1.29, 1.82) is 0 Å². The molecule has 2 aromatic heterocycles. The summed E-state index contributed by atoms with van der Waals surface area (Å²) in [6.07, 6.45) is 2.28. The number of benzene rings is 1. The van der Waals surface area contributed by atoms with Crippen LogP contribution in [-0.4, -0.2) is 41.9 Å². The molecule has 0 aliphatic carbocycles. The van der Waals surface area contributed by atoms with Crippen molar-refractivity contribution in [1.82, 2.24) is 19.7 Å². The molecule has 0 unspecified atom stereocenters. The molecular weight excluding hydrogens is 392 g/mol. The largest absolute Gasteiger partial charge is 0.478 e. The van der Waals surface area contributed by atoms with Crippen LogP contribution in [0.5, 0.6) is 0 Å². The fraction of sp³-hybridized carbons (Fsp3) is 0.200. The maximum absolute atomic E-state index is 11.7. The van der Waals surface area contributed by atoms with Crippen LogP contribution in [0.15, 0.2) is 40.4 Å². The first-order valence-electron chi connectivity index (χ1n) is 8.87. The molecule has 0 spiro atoms. The summed E-state index contributed by atoms with van der Waals surface area (Å²) >= 11 is 0.986. The van der Waals surface area contributed by atoms with E-state index in [0.717, 1.165) is 34.4 Å². The summed E-state index contributed by atoms with van der Waals surface area (Å²) in [5, 5.41) is 25.8. The second-order valence-electron chi connectivity index (χ2n) is 6.35. The molecule has 29 heavy (non-hydrogen) atoms. The van der Waals surface area contributed by atoms with Crippen molar-refractivity contribution in [3.63, 3.8) is 0 Å². The Morgan fingerprint density at radius 2 is 1.90 bits per heavy atom. The zero-order chi connectivity index (χ0) is 21.1. The van der Waals surface area contributed by atoms with Crippen LogP contribution in [0.4, 0.5) is 0 Å². The molecule has 150 valence electrons. The van der Waals surface area contributed by atoms with E-state index in [0.29, 0.717) is 17.4 Å². The highest BCUT2D eigenvalue weighted by Gasteiger charge is 2.16. The summed E-state index contributed by atoms with van der Waals surface area (Å²) in [5.74, 6) is -1.35. The number of aryl methyl sites for hydroxylation is 2. The van der Waals surface area contributed by atoms with Crippen molar-refractivity contribution in [2.24, 2.45) is 0 Å². The summed E-state index contributed by atoms with van der Waals surface area (Å²) in [7, 11) is 0. The molecule has 0 aliphatic heterocycles. The van der Waals surface area contributed by atoms with Crippen molar-refractivity contribution >= 4 is 29.8 Å². The molecule has 2 heterocycles. The maximum Gasteiger partial charge on any atom is 0.342 e. The number of rotatable bonds is 7. The van der Waals surface area contributed by atoms with Crippen LogP contribution in [0.2, 0.25) is 0 Å². The van der Waals surface area contributed by atoms with E-state index in [1.165, 1.54) is 0 Å². The summed E-state index contributed by atoms with van der Waals surface area (Å²) in [5.41, 5.74) is 3.50. The minimum atomic E-state index is -1.06. The Bertz CT molecular complexity index is 1100. The number of nitrogens with one attached hydrogen (secondary N) is 1. The molecular formula is C20H20N4O4S. The zero-order valence-corrected chi connectivity index (χ0v) is 16.9. The molecule has 3 N–H and O–H groups in total. The van der Waals surface area contributed by atoms with E-state index >= 15 is 0 Å². The fourth-order valence-corrected chi connectivity index (χ4v) is 3.66. The maximum atomic E-state index is 11.7. The number of aromatic nitrogens is 4. The molecule has 3 aromatic rings. The van der Waals surface area contributed by atoms with E-state index in [1.807, 2.05) is 31.4 Å². The third-order valence-electron chi connectivity index (χ3n) is 4.39. The van der Waals surface area contributed by atoms with Gasteiger partial charge in [0, 0.05) is 23.5 Å². The van der Waals surface area contributed by atoms with Crippen LogP contribution >= 0.6 is 11.8 Å². The van der Waals surface area contributed by atoms with Gasteiger partial charge in [0.25, 0.3) is 0 Å². The number of carboxylic acids is 2. The van der Waals surface area contributed by atoms with Crippen molar-refractivity contribution in [2.45, 2.75) is 32.3 Å². The van der Waals surface area contributed by atoms with Gasteiger partial charge in [-0.2, -0.15) is 0 Å². The third-order valence-corrected chi connectivity index (χ3v) is 5.26. The SMILES string of the molecule is CCc1nc(S/C(=C\c2cc(C)n(-c3ccc(C(=O)O)cc3)c2C)C(=O)O)n[nH]1. The smallest absolute Gasteiger partial charge is 0.342 e. The molecule has 0 saturated heterocycles. The fourth-order valence-electron chi connectivity index (χ4n) is 2.94. The van der Waals surface area contributed by atoms with E-state index in [2.05, 4.69) is 15.2 Å². The zero-order valence-electron chi connectivity index (χ0n) is 16.1. The Balaban J connectivity index is 1.96. The van der Waals surface area contributed by atoms with Gasteiger partial charge in [0.05, 0.1) is 5.56 Å². The summed E-state index contributed by atoms with van der Waals surface area (Å²) in [6.45, 7) is 5.72. The normalized spacial score (nSPS) is 11.6. The number of hydrogen-bond donors (Lipinski definition) is 3. The first kappa shape index (κ1) is 20.4. The van der Waals surface area contributed by atoms with E-state index in [4.69, 9.17) is 5.11 Å². The van der Waals surface area contributed by atoms with Crippen LogP contribution < -0.4 is 0 Å². The first-order chi connectivity index (χ1) is 13.8. The quantitative estimate of drug-likeness (QED) is 0.400. The van der Waals surface area contributed by atoms with Gasteiger partial charge >= 0.3 is 11.9 Å². The van der Waals surface area contributed by atoms with Gasteiger partial charge in [0.2, 0.25) is 5.16 Å². The highest BCUT2D eigenvalue weighted by Crippen LogP contribution is 2.29. The lowest BCUT2D eigenvalue weighted by Crippen LogP contribution is -2.01. The van der Waals surface area contributed by atoms with Gasteiger partial charge in [-0.05, 0) is 67.6 Å². The lowest BCUT2D eigenvalue weighted by Gasteiger charge is -2.10. The molecule has 0 aliphatic rings. The predicted molar refractivity (Wildman–Crippen MR) is 109 cm³/mol. The van der Waals surface area contributed by atoms with Crippen LogP contribution in [-0.2, 0) is 11.2 Å². The molecule has 3 rings (SSSR count). The van der Waals surface area contributed by atoms with E-state index in [-0.39, 0.29) is 10.5 Å². The van der Waals surface area contributed by atoms with Gasteiger partial charge < -0.3 is 14.8 Å². The minimum Gasteiger partial charge on any atom is -0.478 e. The van der Waals surface area contributed by atoms with Gasteiger partial charge in [-0.15, -0.1) is 5.10 Å². The van der Waals surface area contributed by atoms with Crippen LogP contribution in [0.25, 0.3) is 11.8 Å². The van der Waals surface area contributed by atoms with Crippen molar-refractivity contribution < 1.29 is 19.8 Å². The lowest BCUT2D eigenvalue weighted by molar-refractivity contribution is -0.131. The van der Waals surface area contributed by atoms with Crippen molar-refractivity contribution in [3.05, 3.63) is 63.6 Å². The summed E-state index contributed by atoms with van der Waals surface area (Å²) in [4.78, 5) is 27.2. The monoisotopic (exact) mass is 412 g/mol. The number of carbonyl (C=O) groups is 2. The molecule has 0 saturated carbocycles. The van der Waals surface area contributed by atoms with E-state index < -0.39 is 11.9 Å². The van der Waals surface area contributed by atoms with Gasteiger partial charge in [-0.3, -0.25) is 5.10 Å². The van der Waals surface area contributed by atoms with E-state index in [9.17, 15) is 14.7 Å². The first-order valence-corrected chi connectivity index (χ1v) is 9.68. The number of H-pyrrole nitrogens is 1. The van der Waals surface area contributed by atoms with Gasteiger partial charge in [-0.25, -0.2) is 14.6 Å². The summed E-state index contributed by atoms with van der Waals surface area (Å²) in [6, 6.07) is 8.42. The van der Waals surface area contributed by atoms with Crippen LogP contribution in [0.3, 0.4) is 0 Å². The van der Waals surface area contributed by atoms with Crippen LogP contribution in [0.1, 0.15) is 40.1 Å². The van der Waals surface area contributed by atoms with Crippen LogP contribution in [0, 0.1) is 13.8 Å². The third kappa shape index (κ3) is 4.40. The standard InChI is InChI=1S/C20H20N4O4S/c1-4-17-21-20(23-22-17)29-16(19(27)28)10-14-9-11(2)24(12(14)3)15-7-5-13(6-8-15)18(25)26/h5-10H,4H2,1-3H3,(H,25,26)(H,27,28)(H,21,22,23)/b16-10-. The molecule has 0 fully saturated rings. The van der Waals surface area contributed by atoms with Gasteiger partial charge in [-0.1, -0.05) is 6.92 Å². The molecule has 0 bridgehead atoms. The topological polar surface area (TPSA) is 121 Å². The second-order valence-corrected chi connectivity index (χ2v) is 7.36. The lowest BCUT2D eigenvalue weighted by atomic mass is 10.2. The molecule has 0 amide bonds. The number of aromatic amines is 1. The van der Waals surface area contributed by atoms with Gasteiger partial charge in [0.1, 0.15) is 10.7 Å². The average molecular weight is 412 g/mol. The van der Waals surface area contributed by atoms with Gasteiger partial charge in [0.15, 0.2) is 0 Å². The predicted octanol–water partition coefficient (Wildman–Crippen LogP) is 3.69. The number of carboxylic acid groups (broad SMARTS) is 2. The Kier molecular flexibility index (Phi) is 5.88.